The second-order valence-electron chi connectivity index (χ2n) is 2.76. The van der Waals surface area contributed by atoms with E-state index in [0.29, 0.717) is 11.3 Å². The number of hydrogen-bond acceptors (Lipinski definition) is 4. The number of aromatic nitrogens is 3. The van der Waals surface area contributed by atoms with E-state index in [-0.39, 0.29) is 10.8 Å². The Morgan fingerprint density at radius 2 is 2.12 bits per heavy atom. The van der Waals surface area contributed by atoms with Crippen molar-refractivity contribution >= 4 is 11.3 Å². The van der Waals surface area contributed by atoms with E-state index in [9.17, 15) is 13.2 Å². The molecule has 4 nitrogen and oxygen atoms in total. The molecular formula is C8H3F3N4S. The molecule has 2 aromatic heterocycles. The summed E-state index contributed by atoms with van der Waals surface area (Å²) in [6.07, 6.45) is -3.05. The molecule has 0 unspecified atom stereocenters. The van der Waals surface area contributed by atoms with E-state index in [1.54, 1.807) is 6.07 Å². The van der Waals surface area contributed by atoms with Crippen LogP contribution in [-0.2, 0) is 6.18 Å². The van der Waals surface area contributed by atoms with Crippen LogP contribution in [0.4, 0.5) is 13.2 Å². The number of nitrogens with zero attached hydrogens (tertiary/aromatic N) is 4. The highest BCUT2D eigenvalue weighted by atomic mass is 32.1. The minimum Gasteiger partial charge on any atom is -0.282 e. The van der Waals surface area contributed by atoms with Crippen LogP contribution in [0.5, 0.6) is 0 Å². The molecule has 16 heavy (non-hydrogen) atoms. The average molecular weight is 244 g/mol. The summed E-state index contributed by atoms with van der Waals surface area (Å²) in [7, 11) is 0. The van der Waals surface area contributed by atoms with Crippen molar-refractivity contribution in [2.75, 3.05) is 0 Å². The fourth-order valence-electron chi connectivity index (χ4n) is 1.07. The van der Waals surface area contributed by atoms with Gasteiger partial charge in [0.05, 0.1) is 0 Å². The summed E-state index contributed by atoms with van der Waals surface area (Å²) in [6, 6.07) is 4.87. The van der Waals surface area contributed by atoms with Gasteiger partial charge in [0, 0.05) is 6.20 Å². The van der Waals surface area contributed by atoms with Gasteiger partial charge in [-0.25, -0.2) is 0 Å². The second-order valence-corrected chi connectivity index (χ2v) is 3.72. The quantitative estimate of drug-likeness (QED) is 0.772. The van der Waals surface area contributed by atoms with Gasteiger partial charge in [0.1, 0.15) is 11.8 Å². The lowest BCUT2D eigenvalue weighted by Crippen LogP contribution is -2.03. The molecule has 0 bridgehead atoms. The Balaban J connectivity index is 2.44. The van der Waals surface area contributed by atoms with Crippen LogP contribution in [0.15, 0.2) is 18.3 Å². The van der Waals surface area contributed by atoms with Crippen LogP contribution in [0, 0.1) is 11.3 Å². The van der Waals surface area contributed by atoms with Crippen molar-refractivity contribution in [1.29, 1.82) is 5.26 Å². The van der Waals surface area contributed by atoms with Gasteiger partial charge in [0.25, 0.3) is 0 Å². The first kappa shape index (κ1) is 10.6. The minimum absolute atomic E-state index is 0.0221. The topological polar surface area (TPSA) is 54.5 Å². The Labute approximate surface area is 91.6 Å². The van der Waals surface area contributed by atoms with Gasteiger partial charge in [-0.05, 0) is 12.1 Å². The normalized spacial score (nSPS) is 11.4. The van der Waals surface area contributed by atoms with Gasteiger partial charge >= 0.3 is 6.18 Å². The van der Waals surface area contributed by atoms with E-state index in [1.165, 1.54) is 16.8 Å². The SMILES string of the molecule is N#Cc1cccn1-c1nnc(C(F)(F)F)s1. The molecule has 82 valence electrons. The molecule has 0 spiro atoms. The van der Waals surface area contributed by atoms with Crippen molar-refractivity contribution in [3.63, 3.8) is 0 Å². The molecular weight excluding hydrogens is 241 g/mol. The molecule has 8 heteroatoms. The number of alkyl halides is 3. The summed E-state index contributed by atoms with van der Waals surface area (Å²) in [6.45, 7) is 0. The number of nitriles is 1. The van der Waals surface area contributed by atoms with Crippen molar-refractivity contribution in [3.05, 3.63) is 29.0 Å². The number of rotatable bonds is 1. The average Bonchev–Trinajstić information content (AvgIpc) is 2.84. The molecule has 0 saturated carbocycles. The standard InChI is InChI=1S/C8H3F3N4S/c9-8(10,11)6-13-14-7(16-6)15-3-1-2-5(15)4-12/h1-3H. The van der Waals surface area contributed by atoms with Crippen LogP contribution in [0.2, 0.25) is 0 Å². The maximum atomic E-state index is 12.3. The minimum atomic E-state index is -4.50. The second kappa shape index (κ2) is 3.61. The molecule has 0 saturated heterocycles. The maximum absolute atomic E-state index is 12.3. The summed E-state index contributed by atoms with van der Waals surface area (Å²) in [5, 5.41) is 14.1. The Morgan fingerprint density at radius 3 is 2.69 bits per heavy atom. The summed E-state index contributed by atoms with van der Waals surface area (Å²) in [5.74, 6) is 0. The van der Waals surface area contributed by atoms with Gasteiger partial charge in [0.2, 0.25) is 10.1 Å². The van der Waals surface area contributed by atoms with Crippen LogP contribution < -0.4 is 0 Å². The van der Waals surface area contributed by atoms with Crippen LogP contribution in [0.3, 0.4) is 0 Å². The zero-order valence-corrected chi connectivity index (χ0v) is 8.38. The van der Waals surface area contributed by atoms with Gasteiger partial charge in [-0.15, -0.1) is 10.2 Å². The first-order chi connectivity index (χ1) is 7.52. The zero-order valence-electron chi connectivity index (χ0n) is 7.56. The summed E-state index contributed by atoms with van der Waals surface area (Å²) < 4.78 is 38.0. The zero-order chi connectivity index (χ0) is 11.8. The third kappa shape index (κ3) is 1.77. The van der Waals surface area contributed by atoms with Crippen LogP contribution in [0.25, 0.3) is 5.13 Å². The predicted molar refractivity (Wildman–Crippen MR) is 49.0 cm³/mol. The summed E-state index contributed by atoms with van der Waals surface area (Å²) >= 11 is 0.392. The highest BCUT2D eigenvalue weighted by Crippen LogP contribution is 2.32. The monoisotopic (exact) mass is 244 g/mol. The lowest BCUT2D eigenvalue weighted by molar-refractivity contribution is -0.138. The van der Waals surface area contributed by atoms with E-state index in [2.05, 4.69) is 10.2 Å². The molecule has 2 heterocycles. The molecule has 0 fully saturated rings. The third-order valence-corrected chi connectivity index (χ3v) is 2.69. The van der Waals surface area contributed by atoms with Crippen molar-refractivity contribution in [2.45, 2.75) is 6.18 Å². The first-order valence-corrected chi connectivity index (χ1v) is 4.82. The van der Waals surface area contributed by atoms with Crippen molar-refractivity contribution in [3.8, 4) is 11.2 Å². The molecule has 0 atom stereocenters. The predicted octanol–water partition coefficient (Wildman–Crippen LogP) is 2.22. The van der Waals surface area contributed by atoms with Crippen molar-refractivity contribution in [2.24, 2.45) is 0 Å². The van der Waals surface area contributed by atoms with E-state index >= 15 is 0 Å². The first-order valence-electron chi connectivity index (χ1n) is 4.01. The molecule has 2 aromatic rings. The summed E-state index contributed by atoms with van der Waals surface area (Å²) in [4.78, 5) is 0. The van der Waals surface area contributed by atoms with Crippen LogP contribution in [0.1, 0.15) is 10.7 Å². The Morgan fingerprint density at radius 1 is 1.38 bits per heavy atom. The summed E-state index contributed by atoms with van der Waals surface area (Å²) in [5.41, 5.74) is 0.213. The van der Waals surface area contributed by atoms with E-state index < -0.39 is 11.2 Å². The Kier molecular flexibility index (Phi) is 2.40. The molecule has 0 radical (unpaired) electrons. The molecule has 0 N–H and O–H groups in total. The van der Waals surface area contributed by atoms with Crippen LogP contribution >= 0.6 is 11.3 Å². The van der Waals surface area contributed by atoms with E-state index in [1.807, 2.05) is 6.07 Å². The Bertz CT molecular complexity index is 548. The molecule has 0 aromatic carbocycles. The van der Waals surface area contributed by atoms with Gasteiger partial charge in [-0.3, -0.25) is 4.57 Å². The lowest BCUT2D eigenvalue weighted by Gasteiger charge is -1.98. The fourth-order valence-corrected chi connectivity index (χ4v) is 1.78. The van der Waals surface area contributed by atoms with Gasteiger partial charge in [0.15, 0.2) is 0 Å². The molecule has 0 aliphatic rings. The molecule has 0 amide bonds. The highest BCUT2D eigenvalue weighted by molar-refractivity contribution is 7.13. The highest BCUT2D eigenvalue weighted by Gasteiger charge is 2.35. The largest absolute Gasteiger partial charge is 0.445 e. The van der Waals surface area contributed by atoms with Crippen molar-refractivity contribution < 1.29 is 13.2 Å². The van der Waals surface area contributed by atoms with E-state index in [0.717, 1.165) is 0 Å². The van der Waals surface area contributed by atoms with Crippen molar-refractivity contribution in [1.82, 2.24) is 14.8 Å². The molecule has 2 rings (SSSR count). The lowest BCUT2D eigenvalue weighted by atomic mass is 10.5. The van der Waals surface area contributed by atoms with Gasteiger partial charge in [-0.2, -0.15) is 18.4 Å². The Hall–Kier alpha value is -1.88. The van der Waals surface area contributed by atoms with E-state index in [4.69, 9.17) is 5.26 Å². The van der Waals surface area contributed by atoms with Gasteiger partial charge < -0.3 is 0 Å². The maximum Gasteiger partial charge on any atom is 0.445 e. The molecule has 0 aliphatic carbocycles. The van der Waals surface area contributed by atoms with Crippen LogP contribution in [-0.4, -0.2) is 14.8 Å². The fraction of sp³-hybridized carbons (Fsp3) is 0.125. The van der Waals surface area contributed by atoms with Gasteiger partial charge in [-0.1, -0.05) is 11.3 Å². The number of halogens is 3. The molecule has 0 aliphatic heterocycles. The number of hydrogen-bond donors (Lipinski definition) is 0. The smallest absolute Gasteiger partial charge is 0.282 e. The third-order valence-electron chi connectivity index (χ3n) is 1.73.